The zero-order valence-corrected chi connectivity index (χ0v) is 17.6. The van der Waals surface area contributed by atoms with E-state index in [0.717, 1.165) is 0 Å². The molecular weight excluding hydrogens is 423 g/mol. The molecule has 2 aromatic carbocycles. The van der Waals surface area contributed by atoms with Crippen LogP contribution in [0.2, 0.25) is 10.0 Å². The van der Waals surface area contributed by atoms with E-state index in [9.17, 15) is 13.2 Å². The molecule has 0 atom stereocenters. The van der Waals surface area contributed by atoms with Gasteiger partial charge in [-0.05, 0) is 43.3 Å². The van der Waals surface area contributed by atoms with Crippen LogP contribution in [0.5, 0.6) is 5.75 Å². The van der Waals surface area contributed by atoms with Crippen LogP contribution in [0.3, 0.4) is 0 Å². The summed E-state index contributed by atoms with van der Waals surface area (Å²) in [6, 6.07) is 11.4. The van der Waals surface area contributed by atoms with Crippen molar-refractivity contribution in [3.8, 4) is 5.75 Å². The Kier molecular flexibility index (Phi) is 6.50. The standard InChI is InChI=1S/C19H20Cl2N2O4S/c1-2-27-15-8-6-14(7-9-15)19(24)22-10-12-23(13-11-22)28(25,26)17-5-3-4-16(20)18(17)21/h3-9H,2,10-13H2,1H3. The van der Waals surface area contributed by atoms with Crippen molar-refractivity contribution in [1.29, 1.82) is 0 Å². The van der Waals surface area contributed by atoms with Gasteiger partial charge in [0.05, 0.1) is 16.7 Å². The topological polar surface area (TPSA) is 66.9 Å². The zero-order chi connectivity index (χ0) is 20.3. The average Bonchev–Trinajstić information content (AvgIpc) is 2.70. The molecule has 1 heterocycles. The maximum absolute atomic E-state index is 12.9. The van der Waals surface area contributed by atoms with Crippen LogP contribution in [0.25, 0.3) is 0 Å². The minimum absolute atomic E-state index is 0.0112. The van der Waals surface area contributed by atoms with Gasteiger partial charge < -0.3 is 9.64 Å². The summed E-state index contributed by atoms with van der Waals surface area (Å²) >= 11 is 12.0. The van der Waals surface area contributed by atoms with Gasteiger partial charge in [-0.3, -0.25) is 4.79 Å². The highest BCUT2D eigenvalue weighted by Gasteiger charge is 2.32. The van der Waals surface area contributed by atoms with Crippen molar-refractivity contribution in [2.75, 3.05) is 32.8 Å². The molecule has 1 amide bonds. The van der Waals surface area contributed by atoms with E-state index in [4.69, 9.17) is 27.9 Å². The Morgan fingerprint density at radius 2 is 1.68 bits per heavy atom. The summed E-state index contributed by atoms with van der Waals surface area (Å²) in [5, 5.41) is 0.198. The van der Waals surface area contributed by atoms with Gasteiger partial charge in [0, 0.05) is 31.7 Å². The Balaban J connectivity index is 1.68. The number of benzene rings is 2. The normalized spacial score (nSPS) is 15.5. The Morgan fingerprint density at radius 3 is 2.29 bits per heavy atom. The average molecular weight is 443 g/mol. The van der Waals surface area contributed by atoms with Gasteiger partial charge in [-0.15, -0.1) is 0 Å². The molecular formula is C19H20Cl2N2O4S. The number of sulfonamides is 1. The van der Waals surface area contributed by atoms with Crippen molar-refractivity contribution in [2.45, 2.75) is 11.8 Å². The number of carbonyl (C=O) groups is 1. The molecule has 1 aliphatic rings. The summed E-state index contributed by atoms with van der Waals surface area (Å²) in [4.78, 5) is 14.3. The van der Waals surface area contributed by atoms with Gasteiger partial charge in [0.2, 0.25) is 10.0 Å². The molecule has 0 aliphatic carbocycles. The molecule has 6 nitrogen and oxygen atoms in total. The van der Waals surface area contributed by atoms with E-state index < -0.39 is 10.0 Å². The molecule has 28 heavy (non-hydrogen) atoms. The van der Waals surface area contributed by atoms with Crippen LogP contribution in [-0.4, -0.2) is 56.3 Å². The highest BCUT2D eigenvalue weighted by molar-refractivity contribution is 7.89. The molecule has 0 unspecified atom stereocenters. The number of hydrogen-bond donors (Lipinski definition) is 0. The first-order chi connectivity index (χ1) is 13.3. The summed E-state index contributed by atoms with van der Waals surface area (Å²) in [7, 11) is -3.78. The van der Waals surface area contributed by atoms with Crippen LogP contribution in [0.4, 0.5) is 0 Å². The SMILES string of the molecule is CCOc1ccc(C(=O)N2CCN(S(=O)(=O)c3cccc(Cl)c3Cl)CC2)cc1. The number of hydrogen-bond acceptors (Lipinski definition) is 4. The highest BCUT2D eigenvalue weighted by atomic mass is 35.5. The number of piperazine rings is 1. The fourth-order valence-electron chi connectivity index (χ4n) is 3.00. The molecule has 150 valence electrons. The zero-order valence-electron chi connectivity index (χ0n) is 15.3. The Bertz CT molecular complexity index is 956. The summed E-state index contributed by atoms with van der Waals surface area (Å²) in [5.41, 5.74) is 0.539. The number of nitrogens with zero attached hydrogens (tertiary/aromatic N) is 2. The van der Waals surface area contributed by atoms with E-state index in [1.807, 2.05) is 6.92 Å². The van der Waals surface area contributed by atoms with Crippen LogP contribution >= 0.6 is 23.2 Å². The maximum atomic E-state index is 12.9. The summed E-state index contributed by atoms with van der Waals surface area (Å²) in [6.45, 7) is 3.42. The molecule has 1 saturated heterocycles. The second kappa shape index (κ2) is 8.69. The van der Waals surface area contributed by atoms with Crippen molar-refractivity contribution < 1.29 is 17.9 Å². The molecule has 0 saturated carbocycles. The first-order valence-electron chi connectivity index (χ1n) is 8.81. The van der Waals surface area contributed by atoms with Crippen LogP contribution in [0, 0.1) is 0 Å². The molecule has 0 N–H and O–H groups in total. The number of halogens is 2. The van der Waals surface area contributed by atoms with Crippen LogP contribution in [0.15, 0.2) is 47.4 Å². The highest BCUT2D eigenvalue weighted by Crippen LogP contribution is 2.31. The largest absolute Gasteiger partial charge is 0.494 e. The second-order valence-corrected chi connectivity index (χ2v) is 8.90. The molecule has 0 spiro atoms. The lowest BCUT2D eigenvalue weighted by molar-refractivity contribution is 0.0698. The molecule has 0 aromatic heterocycles. The van der Waals surface area contributed by atoms with Crippen LogP contribution in [-0.2, 0) is 10.0 Å². The molecule has 1 fully saturated rings. The fourth-order valence-corrected chi connectivity index (χ4v) is 5.16. The number of rotatable bonds is 5. The maximum Gasteiger partial charge on any atom is 0.253 e. The van der Waals surface area contributed by atoms with Gasteiger partial charge in [0.25, 0.3) is 5.91 Å². The molecule has 0 radical (unpaired) electrons. The van der Waals surface area contributed by atoms with Gasteiger partial charge in [-0.25, -0.2) is 8.42 Å². The van der Waals surface area contributed by atoms with Gasteiger partial charge in [0.15, 0.2) is 0 Å². The van der Waals surface area contributed by atoms with Crippen molar-refractivity contribution in [2.24, 2.45) is 0 Å². The quantitative estimate of drug-likeness (QED) is 0.709. The number of amides is 1. The summed E-state index contributed by atoms with van der Waals surface area (Å²) < 4.78 is 32.4. The van der Waals surface area contributed by atoms with Crippen LogP contribution in [0.1, 0.15) is 17.3 Å². The minimum atomic E-state index is -3.78. The lowest BCUT2D eigenvalue weighted by Gasteiger charge is -2.34. The number of ether oxygens (including phenoxy) is 1. The second-order valence-electron chi connectivity index (χ2n) is 6.21. The fraction of sp³-hybridized carbons (Fsp3) is 0.316. The third-order valence-corrected chi connectivity index (χ3v) is 7.34. The molecule has 3 rings (SSSR count). The predicted molar refractivity (Wildman–Crippen MR) is 109 cm³/mol. The van der Waals surface area contributed by atoms with E-state index in [2.05, 4.69) is 0 Å². The van der Waals surface area contributed by atoms with E-state index in [-0.39, 0.29) is 33.9 Å². The monoisotopic (exact) mass is 442 g/mol. The van der Waals surface area contributed by atoms with Crippen LogP contribution < -0.4 is 4.74 Å². The van der Waals surface area contributed by atoms with Gasteiger partial charge in [-0.2, -0.15) is 4.31 Å². The smallest absolute Gasteiger partial charge is 0.253 e. The van der Waals surface area contributed by atoms with Gasteiger partial charge in [0.1, 0.15) is 10.6 Å². The molecule has 2 aromatic rings. The van der Waals surface area contributed by atoms with Crippen molar-refractivity contribution in [3.63, 3.8) is 0 Å². The minimum Gasteiger partial charge on any atom is -0.494 e. The predicted octanol–water partition coefficient (Wildman–Crippen LogP) is 3.54. The summed E-state index contributed by atoms with van der Waals surface area (Å²) in [5.74, 6) is 0.564. The third kappa shape index (κ3) is 4.27. The third-order valence-electron chi connectivity index (χ3n) is 4.47. The lowest BCUT2D eigenvalue weighted by atomic mass is 10.2. The van der Waals surface area contributed by atoms with Gasteiger partial charge >= 0.3 is 0 Å². The van der Waals surface area contributed by atoms with Crippen molar-refractivity contribution in [1.82, 2.24) is 9.21 Å². The Hall–Kier alpha value is -1.80. The van der Waals surface area contributed by atoms with Gasteiger partial charge in [-0.1, -0.05) is 29.3 Å². The van der Waals surface area contributed by atoms with E-state index in [0.29, 0.717) is 31.0 Å². The summed E-state index contributed by atoms with van der Waals surface area (Å²) in [6.07, 6.45) is 0. The molecule has 9 heteroatoms. The van der Waals surface area contributed by atoms with Crippen molar-refractivity contribution >= 4 is 39.1 Å². The first-order valence-corrected chi connectivity index (χ1v) is 11.0. The molecule has 1 aliphatic heterocycles. The Labute approximate surface area is 174 Å². The molecule has 0 bridgehead atoms. The number of carbonyl (C=O) groups excluding carboxylic acids is 1. The van der Waals surface area contributed by atoms with E-state index in [1.165, 1.54) is 16.4 Å². The Morgan fingerprint density at radius 1 is 1.04 bits per heavy atom. The van der Waals surface area contributed by atoms with Crippen molar-refractivity contribution in [3.05, 3.63) is 58.1 Å². The lowest BCUT2D eigenvalue weighted by Crippen LogP contribution is -2.50. The van der Waals surface area contributed by atoms with E-state index in [1.54, 1.807) is 35.2 Å². The van der Waals surface area contributed by atoms with E-state index >= 15 is 0 Å². The first kappa shape index (κ1) is 20.9.